The third kappa shape index (κ3) is 5.92. The fourth-order valence-electron chi connectivity index (χ4n) is 2.37. The second kappa shape index (κ2) is 8.52. The highest BCUT2D eigenvalue weighted by atomic mass is 16.6. The smallest absolute Gasteiger partial charge is 0.326 e. The van der Waals surface area contributed by atoms with Crippen molar-refractivity contribution in [2.24, 2.45) is 0 Å². The molecule has 0 bridgehead atoms. The molecule has 2 aromatic carbocycles. The number of nitrogens with zero attached hydrogens (tertiary/aromatic N) is 1. The lowest BCUT2D eigenvalue weighted by atomic mass is 10.1. The van der Waals surface area contributed by atoms with Crippen molar-refractivity contribution in [2.45, 2.75) is 32.5 Å². The van der Waals surface area contributed by atoms with Gasteiger partial charge in [-0.15, -0.1) is 0 Å². The maximum absolute atomic E-state index is 12.9. The molecule has 0 radical (unpaired) electrons. The average molecular weight is 355 g/mol. The van der Waals surface area contributed by atoms with Crippen LogP contribution in [-0.2, 0) is 14.3 Å². The summed E-state index contributed by atoms with van der Waals surface area (Å²) >= 11 is 0. The van der Waals surface area contributed by atoms with Gasteiger partial charge in [-0.05, 0) is 32.9 Å². The normalized spacial score (nSPS) is 12.2. The van der Waals surface area contributed by atoms with Crippen molar-refractivity contribution in [3.63, 3.8) is 0 Å². The molecule has 0 aromatic heterocycles. The van der Waals surface area contributed by atoms with Crippen LogP contribution in [0.4, 0.5) is 0 Å². The van der Waals surface area contributed by atoms with E-state index in [2.05, 4.69) is 0 Å². The van der Waals surface area contributed by atoms with Gasteiger partial charge in [0, 0.05) is 12.6 Å². The Morgan fingerprint density at radius 2 is 1.50 bits per heavy atom. The summed E-state index contributed by atoms with van der Waals surface area (Å²) in [7, 11) is 1.57. The quantitative estimate of drug-likeness (QED) is 0.743. The first kappa shape index (κ1) is 19.5. The molecule has 5 heteroatoms. The average Bonchev–Trinajstić information content (AvgIpc) is 2.59. The second-order valence-corrected chi connectivity index (χ2v) is 7.00. The van der Waals surface area contributed by atoms with Crippen molar-refractivity contribution in [2.75, 3.05) is 13.6 Å². The predicted molar refractivity (Wildman–Crippen MR) is 99.7 cm³/mol. The third-order valence-electron chi connectivity index (χ3n) is 3.49. The van der Waals surface area contributed by atoms with E-state index in [1.165, 1.54) is 4.90 Å². The largest absolute Gasteiger partial charge is 0.476 e. The maximum atomic E-state index is 12.9. The zero-order valence-corrected chi connectivity index (χ0v) is 15.6. The molecule has 0 aliphatic carbocycles. The van der Waals surface area contributed by atoms with Gasteiger partial charge in [0.2, 0.25) is 6.10 Å². The molecule has 26 heavy (non-hydrogen) atoms. The van der Waals surface area contributed by atoms with Crippen LogP contribution >= 0.6 is 0 Å². The molecule has 2 aromatic rings. The minimum atomic E-state index is -0.842. The van der Waals surface area contributed by atoms with Crippen LogP contribution in [0.25, 0.3) is 0 Å². The summed E-state index contributed by atoms with van der Waals surface area (Å²) in [5.74, 6) is -0.189. The molecule has 0 saturated heterocycles. The number of likely N-dealkylation sites (N-methyl/N-ethyl adjacent to an activating group) is 1. The van der Waals surface area contributed by atoms with E-state index in [9.17, 15) is 9.59 Å². The topological polar surface area (TPSA) is 55.8 Å². The first-order chi connectivity index (χ1) is 12.3. The SMILES string of the molecule is CN(CC(=O)OC(C)(C)C)C(=O)C(Oc1ccccc1)c1ccccc1. The first-order valence-corrected chi connectivity index (χ1v) is 8.50. The Labute approximate surface area is 154 Å². The molecular formula is C21H25NO4. The Kier molecular flexibility index (Phi) is 6.39. The lowest BCUT2D eigenvalue weighted by molar-refractivity contribution is -0.159. The Hall–Kier alpha value is -2.82. The van der Waals surface area contributed by atoms with Gasteiger partial charge >= 0.3 is 5.97 Å². The molecule has 0 N–H and O–H groups in total. The third-order valence-corrected chi connectivity index (χ3v) is 3.49. The zero-order chi connectivity index (χ0) is 19.2. The molecule has 0 aliphatic heterocycles. The Balaban J connectivity index is 2.16. The van der Waals surface area contributed by atoms with Gasteiger partial charge in [-0.3, -0.25) is 9.59 Å². The van der Waals surface area contributed by atoms with Crippen molar-refractivity contribution < 1.29 is 19.1 Å². The summed E-state index contributed by atoms with van der Waals surface area (Å²) in [6, 6.07) is 18.3. The van der Waals surface area contributed by atoms with Gasteiger partial charge in [0.25, 0.3) is 5.91 Å². The minimum Gasteiger partial charge on any atom is -0.476 e. The number of ether oxygens (including phenoxy) is 2. The van der Waals surface area contributed by atoms with Crippen molar-refractivity contribution in [3.8, 4) is 5.75 Å². The zero-order valence-electron chi connectivity index (χ0n) is 15.6. The molecule has 0 fully saturated rings. The molecule has 0 aliphatic rings. The van der Waals surface area contributed by atoms with Crippen LogP contribution in [0.2, 0.25) is 0 Å². The van der Waals surface area contributed by atoms with Gasteiger partial charge in [-0.1, -0.05) is 48.5 Å². The predicted octanol–water partition coefficient (Wildman–Crippen LogP) is 3.61. The number of hydrogen-bond acceptors (Lipinski definition) is 4. The van der Waals surface area contributed by atoms with Gasteiger partial charge < -0.3 is 14.4 Å². The Morgan fingerprint density at radius 1 is 0.962 bits per heavy atom. The number of carbonyl (C=O) groups is 2. The van der Waals surface area contributed by atoms with E-state index in [0.29, 0.717) is 5.75 Å². The molecule has 0 saturated carbocycles. The summed E-state index contributed by atoms with van der Waals surface area (Å²) in [5, 5.41) is 0. The molecular weight excluding hydrogens is 330 g/mol. The van der Waals surface area contributed by atoms with Crippen LogP contribution in [0.5, 0.6) is 5.75 Å². The van der Waals surface area contributed by atoms with Crippen molar-refractivity contribution in [1.29, 1.82) is 0 Å². The minimum absolute atomic E-state index is 0.141. The molecule has 1 unspecified atom stereocenters. The number of benzene rings is 2. The molecule has 0 heterocycles. The number of amides is 1. The Bertz CT molecular complexity index is 723. The molecule has 1 atom stereocenters. The van der Waals surface area contributed by atoms with Crippen molar-refractivity contribution >= 4 is 11.9 Å². The number of para-hydroxylation sites is 1. The molecule has 1 amide bonds. The number of rotatable bonds is 6. The first-order valence-electron chi connectivity index (χ1n) is 8.50. The molecule has 0 spiro atoms. The number of carbonyl (C=O) groups excluding carboxylic acids is 2. The van der Waals surface area contributed by atoms with E-state index in [4.69, 9.17) is 9.47 Å². The van der Waals surface area contributed by atoms with E-state index in [1.807, 2.05) is 48.5 Å². The van der Waals surface area contributed by atoms with E-state index >= 15 is 0 Å². The van der Waals surface area contributed by atoms with Crippen LogP contribution in [0.1, 0.15) is 32.4 Å². The van der Waals surface area contributed by atoms with Gasteiger partial charge in [-0.2, -0.15) is 0 Å². The lowest BCUT2D eigenvalue weighted by Crippen LogP contribution is -2.39. The van der Waals surface area contributed by atoms with Crippen LogP contribution in [0, 0.1) is 0 Å². The molecule has 138 valence electrons. The van der Waals surface area contributed by atoms with Crippen LogP contribution in [0.3, 0.4) is 0 Å². The number of esters is 1. The van der Waals surface area contributed by atoms with Crippen LogP contribution in [-0.4, -0.2) is 36.0 Å². The summed E-state index contributed by atoms with van der Waals surface area (Å²) in [6.07, 6.45) is -0.842. The van der Waals surface area contributed by atoms with Crippen molar-refractivity contribution in [3.05, 3.63) is 66.2 Å². The van der Waals surface area contributed by atoms with Gasteiger partial charge in [0.15, 0.2) is 0 Å². The summed E-state index contributed by atoms with van der Waals surface area (Å²) in [6.45, 7) is 5.23. The lowest BCUT2D eigenvalue weighted by Gasteiger charge is -2.26. The van der Waals surface area contributed by atoms with Crippen LogP contribution < -0.4 is 4.74 Å². The highest BCUT2D eigenvalue weighted by Gasteiger charge is 2.28. The van der Waals surface area contributed by atoms with E-state index in [1.54, 1.807) is 40.0 Å². The molecule has 5 nitrogen and oxygen atoms in total. The van der Waals surface area contributed by atoms with Crippen molar-refractivity contribution in [1.82, 2.24) is 4.90 Å². The molecule has 2 rings (SSSR count). The van der Waals surface area contributed by atoms with Gasteiger partial charge in [0.05, 0.1) is 0 Å². The highest BCUT2D eigenvalue weighted by Crippen LogP contribution is 2.23. The standard InChI is InChI=1S/C21H25NO4/c1-21(2,3)26-18(23)15-22(4)20(24)19(16-11-7-5-8-12-16)25-17-13-9-6-10-14-17/h5-14,19H,15H2,1-4H3. The summed E-state index contributed by atoms with van der Waals surface area (Å²) < 4.78 is 11.2. The number of hydrogen-bond donors (Lipinski definition) is 0. The van der Waals surface area contributed by atoms with E-state index in [-0.39, 0.29) is 12.5 Å². The Morgan fingerprint density at radius 3 is 2.04 bits per heavy atom. The van der Waals surface area contributed by atoms with Gasteiger partial charge in [-0.25, -0.2) is 0 Å². The summed E-state index contributed by atoms with van der Waals surface area (Å²) in [4.78, 5) is 26.3. The van der Waals surface area contributed by atoms with E-state index < -0.39 is 17.7 Å². The monoisotopic (exact) mass is 355 g/mol. The second-order valence-electron chi connectivity index (χ2n) is 7.00. The maximum Gasteiger partial charge on any atom is 0.326 e. The van der Waals surface area contributed by atoms with E-state index in [0.717, 1.165) is 5.56 Å². The highest BCUT2D eigenvalue weighted by molar-refractivity contribution is 5.86. The fraction of sp³-hybridized carbons (Fsp3) is 0.333. The fourth-order valence-corrected chi connectivity index (χ4v) is 2.37. The van der Waals surface area contributed by atoms with Crippen LogP contribution in [0.15, 0.2) is 60.7 Å². The summed E-state index contributed by atoms with van der Waals surface area (Å²) in [5.41, 5.74) is 0.123. The van der Waals surface area contributed by atoms with Gasteiger partial charge in [0.1, 0.15) is 17.9 Å².